The third-order valence-electron chi connectivity index (χ3n) is 9.76. The summed E-state index contributed by atoms with van der Waals surface area (Å²) in [5, 5.41) is 0. The number of allylic oxidation sites excluding steroid dienone is 1. The molecule has 5 fully saturated rings. The van der Waals surface area contributed by atoms with E-state index in [9.17, 15) is 0 Å². The number of piperidine rings is 1. The van der Waals surface area contributed by atoms with Crippen molar-refractivity contribution < 1.29 is 4.74 Å². The molecule has 1 heterocycles. The minimum atomic E-state index is 0.0630. The first-order valence-electron chi connectivity index (χ1n) is 13.3. The Balaban J connectivity index is 1.31. The first-order valence-corrected chi connectivity index (χ1v) is 13.7. The van der Waals surface area contributed by atoms with Crippen molar-refractivity contribution in [1.29, 1.82) is 0 Å². The second kappa shape index (κ2) is 8.45. The zero-order valence-corrected chi connectivity index (χ0v) is 21.9. The van der Waals surface area contributed by atoms with Crippen LogP contribution in [0.2, 0.25) is 0 Å². The van der Waals surface area contributed by atoms with Crippen molar-refractivity contribution in [3.05, 3.63) is 83.6 Å². The molecule has 5 atom stereocenters. The molecule has 1 saturated heterocycles. The molecule has 4 saturated carbocycles. The van der Waals surface area contributed by atoms with Crippen LogP contribution in [0.15, 0.2) is 72.5 Å². The predicted octanol–water partition coefficient (Wildman–Crippen LogP) is 6.23. The van der Waals surface area contributed by atoms with Gasteiger partial charge < -0.3 is 15.4 Å². The van der Waals surface area contributed by atoms with Crippen LogP contribution < -0.4 is 5.73 Å². The number of likely N-dealkylation sites (tertiary alicyclic amines) is 1. The average Bonchev–Trinajstić information content (AvgIpc) is 3.24. The summed E-state index contributed by atoms with van der Waals surface area (Å²) in [6.45, 7) is 7.19. The lowest BCUT2D eigenvalue weighted by Gasteiger charge is -2.48. The molecule has 0 amide bonds. The largest absolute Gasteiger partial charge is 0.497 e. The summed E-state index contributed by atoms with van der Waals surface area (Å²) in [6.07, 6.45) is 7.89. The standard InChI is InChI=1S/C31H38N2OS/c1-29(2)21-33(14-13-27(29)32)28(35)31-16-23-15-30(20-31,24-11-7-4-8-12-24)17-26(31)25(23)19-34-18-22-9-5-3-6-10-22/h3-12,19,23,26-27H,13-18,20-21,32H2,1-2H3/b25-19+/t23?,26?,27-,30?,31?/m0/s1. The number of hydrogen-bond acceptors (Lipinski definition) is 3. The maximum absolute atomic E-state index is 6.49. The van der Waals surface area contributed by atoms with Gasteiger partial charge in [0.15, 0.2) is 0 Å². The van der Waals surface area contributed by atoms with Gasteiger partial charge in [0.1, 0.15) is 6.61 Å². The Bertz CT molecular complexity index is 1130. The fourth-order valence-electron chi connectivity index (χ4n) is 7.99. The monoisotopic (exact) mass is 486 g/mol. The van der Waals surface area contributed by atoms with Crippen LogP contribution >= 0.6 is 12.2 Å². The Labute approximate surface area is 215 Å². The average molecular weight is 487 g/mol. The van der Waals surface area contributed by atoms with Gasteiger partial charge in [-0.1, -0.05) is 86.7 Å². The Morgan fingerprint density at radius 1 is 1.06 bits per heavy atom. The molecule has 2 N–H and O–H groups in total. The normalized spacial score (nSPS) is 36.0. The molecule has 2 aromatic carbocycles. The number of nitrogens with zero attached hydrogens (tertiary/aromatic N) is 1. The highest BCUT2D eigenvalue weighted by Gasteiger charge is 2.68. The highest BCUT2D eigenvalue weighted by Crippen LogP contribution is 2.73. The molecule has 4 bridgehead atoms. The summed E-state index contributed by atoms with van der Waals surface area (Å²) in [6, 6.07) is 22.0. The summed E-state index contributed by atoms with van der Waals surface area (Å²) in [7, 11) is 0. The Hall–Kier alpha value is -2.17. The van der Waals surface area contributed by atoms with E-state index in [1.165, 1.54) is 47.4 Å². The van der Waals surface area contributed by atoms with E-state index in [0.29, 0.717) is 18.4 Å². The number of hydrogen-bond donors (Lipinski definition) is 1. The molecule has 5 aliphatic rings. The van der Waals surface area contributed by atoms with Crippen molar-refractivity contribution in [3.63, 3.8) is 0 Å². The van der Waals surface area contributed by atoms with Crippen LogP contribution in [0.5, 0.6) is 0 Å². The van der Waals surface area contributed by atoms with Gasteiger partial charge in [-0.25, -0.2) is 0 Å². The van der Waals surface area contributed by atoms with Gasteiger partial charge in [-0.05, 0) is 71.5 Å². The van der Waals surface area contributed by atoms with E-state index >= 15 is 0 Å². The van der Waals surface area contributed by atoms with E-state index in [2.05, 4.69) is 85.7 Å². The fraction of sp³-hybridized carbons (Fsp3) is 0.516. The topological polar surface area (TPSA) is 38.5 Å². The molecular weight excluding hydrogens is 448 g/mol. The lowest BCUT2D eigenvalue weighted by atomic mass is 9.63. The molecule has 0 radical (unpaired) electrons. The Morgan fingerprint density at radius 2 is 1.77 bits per heavy atom. The number of ether oxygens (including phenoxy) is 1. The minimum absolute atomic E-state index is 0.0630. The third kappa shape index (κ3) is 3.76. The summed E-state index contributed by atoms with van der Waals surface area (Å²) in [5.74, 6) is 1.03. The molecule has 0 aromatic heterocycles. The maximum Gasteiger partial charge on any atom is 0.112 e. The van der Waals surface area contributed by atoms with Crippen LogP contribution in [-0.2, 0) is 16.8 Å². The molecule has 7 rings (SSSR count). The van der Waals surface area contributed by atoms with E-state index in [0.717, 1.165) is 19.5 Å². The smallest absolute Gasteiger partial charge is 0.112 e. The molecule has 4 aliphatic carbocycles. The van der Waals surface area contributed by atoms with Crippen LogP contribution in [-0.4, -0.2) is 29.0 Å². The van der Waals surface area contributed by atoms with Crippen molar-refractivity contribution in [2.45, 2.75) is 64.0 Å². The Kier molecular flexibility index (Phi) is 5.61. The molecule has 4 heteroatoms. The van der Waals surface area contributed by atoms with Gasteiger partial charge in [0.25, 0.3) is 0 Å². The minimum Gasteiger partial charge on any atom is -0.497 e. The summed E-state index contributed by atoms with van der Waals surface area (Å²) >= 11 is 6.44. The lowest BCUT2D eigenvalue weighted by Crippen LogP contribution is -2.56. The van der Waals surface area contributed by atoms with E-state index < -0.39 is 0 Å². The molecule has 1 aliphatic heterocycles. The molecule has 35 heavy (non-hydrogen) atoms. The maximum atomic E-state index is 6.49. The van der Waals surface area contributed by atoms with Crippen molar-refractivity contribution in [2.24, 2.45) is 28.4 Å². The highest BCUT2D eigenvalue weighted by molar-refractivity contribution is 7.80. The van der Waals surface area contributed by atoms with Crippen LogP contribution in [0.3, 0.4) is 0 Å². The number of rotatable bonds is 5. The molecule has 184 valence electrons. The molecular formula is C31H38N2OS. The number of nitrogens with two attached hydrogens (primary N) is 1. The van der Waals surface area contributed by atoms with Gasteiger partial charge in [-0.3, -0.25) is 0 Å². The van der Waals surface area contributed by atoms with Gasteiger partial charge in [0, 0.05) is 24.5 Å². The molecule has 3 nitrogen and oxygen atoms in total. The van der Waals surface area contributed by atoms with Crippen molar-refractivity contribution >= 4 is 17.2 Å². The van der Waals surface area contributed by atoms with E-state index in [4.69, 9.17) is 22.7 Å². The first-order chi connectivity index (χ1) is 16.8. The van der Waals surface area contributed by atoms with Gasteiger partial charge in [0.05, 0.1) is 11.3 Å². The van der Waals surface area contributed by atoms with Crippen LogP contribution in [0.25, 0.3) is 0 Å². The summed E-state index contributed by atoms with van der Waals surface area (Å²) in [4.78, 5) is 3.74. The van der Waals surface area contributed by atoms with Crippen LogP contribution in [0.1, 0.15) is 57.1 Å². The van der Waals surface area contributed by atoms with Crippen LogP contribution in [0, 0.1) is 22.7 Å². The van der Waals surface area contributed by atoms with Crippen molar-refractivity contribution in [2.75, 3.05) is 13.1 Å². The van der Waals surface area contributed by atoms with Crippen LogP contribution in [0.4, 0.5) is 0 Å². The third-order valence-corrected chi connectivity index (χ3v) is 10.4. The Morgan fingerprint density at radius 3 is 2.49 bits per heavy atom. The van der Waals surface area contributed by atoms with E-state index in [-0.39, 0.29) is 22.3 Å². The molecule has 2 aromatic rings. The zero-order chi connectivity index (χ0) is 24.3. The quantitative estimate of drug-likeness (QED) is 0.402. The summed E-state index contributed by atoms with van der Waals surface area (Å²) in [5.41, 5.74) is 11.1. The summed E-state index contributed by atoms with van der Waals surface area (Å²) < 4.78 is 6.23. The zero-order valence-electron chi connectivity index (χ0n) is 21.1. The van der Waals surface area contributed by atoms with E-state index in [1.54, 1.807) is 0 Å². The fourth-order valence-corrected chi connectivity index (χ4v) is 8.44. The van der Waals surface area contributed by atoms with E-state index in [1.807, 2.05) is 0 Å². The van der Waals surface area contributed by atoms with Gasteiger partial charge in [-0.2, -0.15) is 0 Å². The van der Waals surface area contributed by atoms with Gasteiger partial charge in [0.2, 0.25) is 0 Å². The SMILES string of the molecule is CC1(C)CN(C(=S)C23CC4CC(c5ccccc5)(CC2/C4=C/OCc2ccccc2)C3)CC[C@@H]1N. The van der Waals surface area contributed by atoms with Crippen molar-refractivity contribution in [3.8, 4) is 0 Å². The lowest BCUT2D eigenvalue weighted by molar-refractivity contribution is 0.133. The molecule has 0 spiro atoms. The van der Waals surface area contributed by atoms with Crippen molar-refractivity contribution in [1.82, 2.24) is 4.90 Å². The van der Waals surface area contributed by atoms with Gasteiger partial charge in [-0.15, -0.1) is 0 Å². The second-order valence-corrected chi connectivity index (χ2v) is 12.8. The predicted molar refractivity (Wildman–Crippen MR) is 146 cm³/mol. The first kappa shape index (κ1) is 23.2. The number of benzene rings is 2. The second-order valence-electron chi connectivity index (χ2n) is 12.4. The number of thiocarbonyl (C=S) groups is 1. The molecule has 4 unspecified atom stereocenters. The highest BCUT2D eigenvalue weighted by atomic mass is 32.1. The van der Waals surface area contributed by atoms with Gasteiger partial charge >= 0.3 is 0 Å².